The van der Waals surface area contributed by atoms with Crippen molar-refractivity contribution in [1.29, 1.82) is 0 Å². The Morgan fingerprint density at radius 2 is 1.95 bits per heavy atom. The Hall–Kier alpha value is -2.13. The van der Waals surface area contributed by atoms with Crippen LogP contribution in [0, 0.1) is 6.92 Å². The number of allylic oxidation sites excluding steroid dienone is 1. The van der Waals surface area contributed by atoms with Crippen molar-refractivity contribution in [3.63, 3.8) is 0 Å². The van der Waals surface area contributed by atoms with Crippen molar-refractivity contribution < 1.29 is 4.79 Å². The summed E-state index contributed by atoms with van der Waals surface area (Å²) in [5, 5.41) is 3.57. The molecule has 0 fully saturated rings. The van der Waals surface area contributed by atoms with Gasteiger partial charge in [0.05, 0.1) is 0 Å². The van der Waals surface area contributed by atoms with Crippen molar-refractivity contribution in [1.82, 2.24) is 4.98 Å². The molecule has 0 saturated carbocycles. The third-order valence-corrected chi connectivity index (χ3v) is 2.73. The zero-order valence-electron chi connectivity index (χ0n) is 10.4. The number of nitrogens with zero attached hydrogens (tertiary/aromatic N) is 1. The van der Waals surface area contributed by atoms with Crippen LogP contribution in [0.25, 0.3) is 0 Å². The Balaban J connectivity index is 1.99. The standard InChI is InChI=1S/C15H13ClN2O/c1-11-3-2-4-15(18-11)17-10-9-14(19)12-5-7-13(16)8-6-12/h2-10H,1H3,(H,17,18)/b10-9+. The predicted octanol–water partition coefficient (Wildman–Crippen LogP) is 3.85. The minimum absolute atomic E-state index is 0.0863. The lowest BCUT2D eigenvalue weighted by molar-refractivity contribution is 0.104. The summed E-state index contributed by atoms with van der Waals surface area (Å²) in [5.41, 5.74) is 1.52. The zero-order chi connectivity index (χ0) is 13.7. The minimum Gasteiger partial charge on any atom is -0.347 e. The van der Waals surface area contributed by atoms with Gasteiger partial charge in [0, 0.05) is 28.6 Å². The van der Waals surface area contributed by atoms with Gasteiger partial charge in [-0.3, -0.25) is 4.79 Å². The number of hydrogen-bond donors (Lipinski definition) is 1. The summed E-state index contributed by atoms with van der Waals surface area (Å²) in [6.45, 7) is 1.91. The number of rotatable bonds is 4. The molecule has 1 heterocycles. The normalized spacial score (nSPS) is 10.6. The molecule has 0 atom stereocenters. The first-order valence-corrected chi connectivity index (χ1v) is 6.19. The number of aryl methyl sites for hydroxylation is 1. The Bertz CT molecular complexity index is 606. The number of carbonyl (C=O) groups excluding carboxylic acids is 1. The first kappa shape index (κ1) is 13.3. The fraction of sp³-hybridized carbons (Fsp3) is 0.0667. The molecule has 96 valence electrons. The lowest BCUT2D eigenvalue weighted by Gasteiger charge is -2.00. The van der Waals surface area contributed by atoms with E-state index >= 15 is 0 Å². The maximum atomic E-state index is 11.8. The van der Waals surface area contributed by atoms with Gasteiger partial charge in [-0.05, 0) is 43.3 Å². The second-order valence-electron chi connectivity index (χ2n) is 4.01. The maximum absolute atomic E-state index is 11.8. The minimum atomic E-state index is -0.0863. The van der Waals surface area contributed by atoms with Crippen LogP contribution in [0.2, 0.25) is 5.02 Å². The van der Waals surface area contributed by atoms with Crippen molar-refractivity contribution in [3.05, 3.63) is 71.0 Å². The highest BCUT2D eigenvalue weighted by Crippen LogP contribution is 2.10. The molecule has 1 N–H and O–H groups in total. The Morgan fingerprint density at radius 1 is 1.21 bits per heavy atom. The molecule has 0 aliphatic rings. The van der Waals surface area contributed by atoms with E-state index in [1.165, 1.54) is 6.08 Å². The Labute approximate surface area is 116 Å². The third-order valence-electron chi connectivity index (χ3n) is 2.48. The lowest BCUT2D eigenvalue weighted by atomic mass is 10.1. The van der Waals surface area contributed by atoms with Crippen LogP contribution >= 0.6 is 11.6 Å². The van der Waals surface area contributed by atoms with Crippen LogP contribution in [0.1, 0.15) is 16.1 Å². The summed E-state index contributed by atoms with van der Waals surface area (Å²) >= 11 is 5.77. The smallest absolute Gasteiger partial charge is 0.187 e. The number of aromatic nitrogens is 1. The van der Waals surface area contributed by atoms with E-state index in [-0.39, 0.29) is 5.78 Å². The second kappa shape index (κ2) is 6.16. The number of anilines is 1. The van der Waals surface area contributed by atoms with E-state index in [4.69, 9.17) is 11.6 Å². The monoisotopic (exact) mass is 272 g/mol. The van der Waals surface area contributed by atoms with Crippen LogP contribution in [0.3, 0.4) is 0 Å². The molecule has 2 aromatic rings. The highest BCUT2D eigenvalue weighted by atomic mass is 35.5. The van der Waals surface area contributed by atoms with E-state index in [1.807, 2.05) is 25.1 Å². The molecule has 0 aliphatic carbocycles. The van der Waals surface area contributed by atoms with Crippen LogP contribution in [0.15, 0.2) is 54.7 Å². The highest BCUT2D eigenvalue weighted by molar-refractivity contribution is 6.30. The second-order valence-corrected chi connectivity index (χ2v) is 4.45. The van der Waals surface area contributed by atoms with Gasteiger partial charge in [0.2, 0.25) is 0 Å². The predicted molar refractivity (Wildman–Crippen MR) is 77.5 cm³/mol. The van der Waals surface area contributed by atoms with Gasteiger partial charge in [-0.1, -0.05) is 17.7 Å². The van der Waals surface area contributed by atoms with Crippen molar-refractivity contribution in [2.75, 3.05) is 5.32 Å². The average Bonchev–Trinajstić information content (AvgIpc) is 2.39. The molecule has 3 nitrogen and oxygen atoms in total. The lowest BCUT2D eigenvalue weighted by Crippen LogP contribution is -1.97. The summed E-state index contributed by atoms with van der Waals surface area (Å²) in [6, 6.07) is 12.4. The van der Waals surface area contributed by atoms with Crippen molar-refractivity contribution >= 4 is 23.2 Å². The fourth-order valence-corrected chi connectivity index (χ4v) is 1.66. The van der Waals surface area contributed by atoms with Gasteiger partial charge in [0.15, 0.2) is 5.78 Å². The van der Waals surface area contributed by atoms with Gasteiger partial charge in [-0.15, -0.1) is 0 Å². The third kappa shape index (κ3) is 3.93. The van der Waals surface area contributed by atoms with Gasteiger partial charge in [-0.2, -0.15) is 0 Å². The number of carbonyl (C=O) groups is 1. The number of halogens is 1. The van der Waals surface area contributed by atoms with Crippen LogP contribution < -0.4 is 5.32 Å². The molecule has 0 aliphatic heterocycles. The number of ketones is 1. The number of hydrogen-bond acceptors (Lipinski definition) is 3. The molecule has 0 unspecified atom stereocenters. The van der Waals surface area contributed by atoms with Gasteiger partial charge in [0.1, 0.15) is 5.82 Å². The summed E-state index contributed by atoms with van der Waals surface area (Å²) in [5.74, 6) is 0.622. The molecule has 0 bridgehead atoms. The molecule has 1 aromatic carbocycles. The van der Waals surface area contributed by atoms with E-state index in [9.17, 15) is 4.79 Å². The first-order valence-electron chi connectivity index (χ1n) is 5.82. The van der Waals surface area contributed by atoms with E-state index < -0.39 is 0 Å². The average molecular weight is 273 g/mol. The summed E-state index contributed by atoms with van der Waals surface area (Å²) in [7, 11) is 0. The van der Waals surface area contributed by atoms with E-state index in [2.05, 4.69) is 10.3 Å². The molecular formula is C15H13ClN2O. The molecule has 2 rings (SSSR count). The van der Waals surface area contributed by atoms with E-state index in [0.29, 0.717) is 16.4 Å². The molecule has 0 spiro atoms. The summed E-state index contributed by atoms with van der Waals surface area (Å²) in [6.07, 6.45) is 3.05. The summed E-state index contributed by atoms with van der Waals surface area (Å²) in [4.78, 5) is 16.1. The van der Waals surface area contributed by atoms with Gasteiger partial charge < -0.3 is 5.32 Å². The molecule has 4 heteroatoms. The molecular weight excluding hydrogens is 260 g/mol. The summed E-state index contributed by atoms with van der Waals surface area (Å²) < 4.78 is 0. The first-order chi connectivity index (χ1) is 9.15. The number of nitrogens with one attached hydrogen (secondary N) is 1. The Morgan fingerprint density at radius 3 is 2.63 bits per heavy atom. The number of pyridine rings is 1. The molecule has 0 amide bonds. The molecule has 0 saturated heterocycles. The van der Waals surface area contributed by atoms with Gasteiger partial charge >= 0.3 is 0 Å². The zero-order valence-corrected chi connectivity index (χ0v) is 11.2. The molecule has 0 radical (unpaired) electrons. The largest absolute Gasteiger partial charge is 0.347 e. The quantitative estimate of drug-likeness (QED) is 0.679. The molecule has 1 aromatic heterocycles. The van der Waals surface area contributed by atoms with Gasteiger partial charge in [-0.25, -0.2) is 4.98 Å². The topological polar surface area (TPSA) is 42.0 Å². The van der Waals surface area contributed by atoms with Gasteiger partial charge in [0.25, 0.3) is 0 Å². The van der Waals surface area contributed by atoms with E-state index in [0.717, 1.165) is 5.69 Å². The van der Waals surface area contributed by atoms with Crippen molar-refractivity contribution in [3.8, 4) is 0 Å². The SMILES string of the molecule is Cc1cccc(N/C=C/C(=O)c2ccc(Cl)cc2)n1. The van der Waals surface area contributed by atoms with Crippen molar-refractivity contribution in [2.45, 2.75) is 6.92 Å². The fourth-order valence-electron chi connectivity index (χ4n) is 1.54. The van der Waals surface area contributed by atoms with E-state index in [1.54, 1.807) is 30.5 Å². The number of benzene rings is 1. The van der Waals surface area contributed by atoms with Crippen LogP contribution in [0.5, 0.6) is 0 Å². The van der Waals surface area contributed by atoms with Crippen LogP contribution in [-0.2, 0) is 0 Å². The van der Waals surface area contributed by atoms with Crippen LogP contribution in [-0.4, -0.2) is 10.8 Å². The Kier molecular flexibility index (Phi) is 4.31. The van der Waals surface area contributed by atoms with Crippen LogP contribution in [0.4, 0.5) is 5.82 Å². The maximum Gasteiger partial charge on any atom is 0.187 e. The molecule has 19 heavy (non-hydrogen) atoms. The highest BCUT2D eigenvalue weighted by Gasteiger charge is 2.00. The van der Waals surface area contributed by atoms with Crippen molar-refractivity contribution in [2.24, 2.45) is 0 Å².